The maximum absolute atomic E-state index is 14.3. The van der Waals surface area contributed by atoms with Crippen LogP contribution < -0.4 is 5.32 Å². The molecular formula is C16H23ClFN. The lowest BCUT2D eigenvalue weighted by atomic mass is 9.72. The molecule has 1 aromatic rings. The third kappa shape index (κ3) is 2.80. The number of benzene rings is 1. The molecule has 1 aliphatic carbocycles. The van der Waals surface area contributed by atoms with Gasteiger partial charge in [0.1, 0.15) is 5.82 Å². The molecule has 0 saturated heterocycles. The average Bonchev–Trinajstić information content (AvgIpc) is 2.69. The fourth-order valence-corrected chi connectivity index (χ4v) is 3.68. The van der Waals surface area contributed by atoms with Gasteiger partial charge in [0.25, 0.3) is 0 Å². The summed E-state index contributed by atoms with van der Waals surface area (Å²) < 4.78 is 14.3. The maximum Gasteiger partial charge on any atom is 0.128 e. The van der Waals surface area contributed by atoms with E-state index in [2.05, 4.69) is 26.1 Å². The summed E-state index contributed by atoms with van der Waals surface area (Å²) in [5, 5.41) is 4.06. The number of hydrogen-bond donors (Lipinski definition) is 1. The molecule has 0 spiro atoms. The molecule has 1 N–H and O–H groups in total. The van der Waals surface area contributed by atoms with E-state index in [-0.39, 0.29) is 11.2 Å². The van der Waals surface area contributed by atoms with E-state index in [4.69, 9.17) is 11.6 Å². The van der Waals surface area contributed by atoms with Crippen LogP contribution in [0.15, 0.2) is 18.2 Å². The fraction of sp³-hybridized carbons (Fsp3) is 0.625. The molecule has 0 radical (unpaired) electrons. The maximum atomic E-state index is 14.3. The number of halogens is 2. The molecule has 1 aliphatic rings. The molecule has 0 aliphatic heterocycles. The fourth-order valence-electron chi connectivity index (χ4n) is 3.33. The van der Waals surface area contributed by atoms with Crippen LogP contribution in [0.2, 0.25) is 5.02 Å². The highest BCUT2D eigenvalue weighted by Crippen LogP contribution is 2.48. The number of rotatable bonds is 4. The summed E-state index contributed by atoms with van der Waals surface area (Å²) in [7, 11) is 0. The first-order valence-corrected chi connectivity index (χ1v) is 7.53. The minimum Gasteiger partial charge on any atom is -0.314 e. The first-order valence-electron chi connectivity index (χ1n) is 7.15. The van der Waals surface area contributed by atoms with Crippen LogP contribution in [0.25, 0.3) is 0 Å². The van der Waals surface area contributed by atoms with Gasteiger partial charge in [0.2, 0.25) is 0 Å². The Morgan fingerprint density at radius 3 is 2.74 bits per heavy atom. The standard InChI is InChI=1S/C16H23ClFN/c1-11(2)19-10-16(9-5-6-12(16)3)15-13(17)7-4-8-14(15)18/h4,7-8,11-12,19H,5-6,9-10H2,1-3H3. The van der Waals surface area contributed by atoms with E-state index in [1.54, 1.807) is 6.07 Å². The van der Waals surface area contributed by atoms with Crippen molar-refractivity contribution >= 4 is 11.6 Å². The zero-order valence-electron chi connectivity index (χ0n) is 12.0. The predicted molar refractivity (Wildman–Crippen MR) is 79.2 cm³/mol. The molecule has 1 aromatic carbocycles. The highest BCUT2D eigenvalue weighted by Gasteiger charge is 2.44. The van der Waals surface area contributed by atoms with Crippen LogP contribution in [-0.2, 0) is 5.41 Å². The second-order valence-electron chi connectivity index (χ2n) is 6.08. The Bertz CT molecular complexity index is 426. The van der Waals surface area contributed by atoms with Gasteiger partial charge in [-0.05, 0) is 30.9 Å². The average molecular weight is 284 g/mol. The topological polar surface area (TPSA) is 12.0 Å². The van der Waals surface area contributed by atoms with Crippen molar-refractivity contribution in [2.45, 2.75) is 51.5 Å². The third-order valence-corrected chi connectivity index (χ3v) is 4.80. The Morgan fingerprint density at radius 1 is 1.47 bits per heavy atom. The first-order chi connectivity index (χ1) is 8.97. The molecule has 106 valence electrons. The second kappa shape index (κ2) is 5.80. The molecule has 2 unspecified atom stereocenters. The third-order valence-electron chi connectivity index (χ3n) is 4.49. The zero-order valence-corrected chi connectivity index (χ0v) is 12.7. The van der Waals surface area contributed by atoms with Crippen molar-refractivity contribution < 1.29 is 4.39 Å². The second-order valence-corrected chi connectivity index (χ2v) is 6.49. The van der Waals surface area contributed by atoms with Gasteiger partial charge in [-0.2, -0.15) is 0 Å². The van der Waals surface area contributed by atoms with Crippen molar-refractivity contribution in [3.8, 4) is 0 Å². The van der Waals surface area contributed by atoms with Gasteiger partial charge in [-0.1, -0.05) is 44.9 Å². The van der Waals surface area contributed by atoms with Gasteiger partial charge in [-0.25, -0.2) is 4.39 Å². The van der Waals surface area contributed by atoms with E-state index in [0.29, 0.717) is 17.0 Å². The van der Waals surface area contributed by atoms with Crippen LogP contribution in [0.4, 0.5) is 4.39 Å². The van der Waals surface area contributed by atoms with Crippen LogP contribution >= 0.6 is 11.6 Å². The molecule has 0 amide bonds. The minimum atomic E-state index is -0.160. The van der Waals surface area contributed by atoms with Crippen LogP contribution in [0.5, 0.6) is 0 Å². The van der Waals surface area contributed by atoms with Gasteiger partial charge in [0.05, 0.1) is 0 Å². The summed E-state index contributed by atoms with van der Waals surface area (Å²) >= 11 is 6.31. The van der Waals surface area contributed by atoms with Crippen molar-refractivity contribution in [3.05, 3.63) is 34.6 Å². The van der Waals surface area contributed by atoms with Crippen molar-refractivity contribution in [3.63, 3.8) is 0 Å². The molecule has 0 heterocycles. The number of hydrogen-bond acceptors (Lipinski definition) is 1. The Hall–Kier alpha value is -0.600. The summed E-state index contributed by atoms with van der Waals surface area (Å²) in [5.41, 5.74) is 0.557. The summed E-state index contributed by atoms with van der Waals surface area (Å²) in [6.07, 6.45) is 3.30. The Balaban J connectivity index is 2.43. The van der Waals surface area contributed by atoms with Crippen molar-refractivity contribution in [2.75, 3.05) is 6.54 Å². The molecule has 1 saturated carbocycles. The van der Waals surface area contributed by atoms with Crippen LogP contribution in [-0.4, -0.2) is 12.6 Å². The lowest BCUT2D eigenvalue weighted by molar-refractivity contribution is 0.298. The molecule has 3 heteroatoms. The SMILES string of the molecule is CC(C)NCC1(c2c(F)cccc2Cl)CCCC1C. The summed E-state index contributed by atoms with van der Waals surface area (Å²) in [6, 6.07) is 5.42. The van der Waals surface area contributed by atoms with Gasteiger partial charge in [-0.3, -0.25) is 0 Å². The van der Waals surface area contributed by atoms with Crippen LogP contribution in [0.3, 0.4) is 0 Å². The quantitative estimate of drug-likeness (QED) is 0.856. The molecule has 0 aromatic heterocycles. The molecule has 2 rings (SSSR count). The van der Waals surface area contributed by atoms with Crippen molar-refractivity contribution in [2.24, 2.45) is 5.92 Å². The Labute approximate surface area is 120 Å². The Kier molecular flexibility index (Phi) is 4.52. The van der Waals surface area contributed by atoms with Crippen molar-refractivity contribution in [1.29, 1.82) is 0 Å². The number of nitrogens with one attached hydrogen (secondary N) is 1. The van der Waals surface area contributed by atoms with Crippen LogP contribution in [0.1, 0.15) is 45.6 Å². The van der Waals surface area contributed by atoms with Gasteiger partial charge >= 0.3 is 0 Å². The monoisotopic (exact) mass is 283 g/mol. The molecule has 2 atom stereocenters. The largest absolute Gasteiger partial charge is 0.314 e. The van der Waals surface area contributed by atoms with E-state index in [9.17, 15) is 4.39 Å². The van der Waals surface area contributed by atoms with E-state index in [0.717, 1.165) is 31.4 Å². The molecular weight excluding hydrogens is 261 g/mol. The lowest BCUT2D eigenvalue weighted by Crippen LogP contribution is -2.43. The van der Waals surface area contributed by atoms with Gasteiger partial charge in [0.15, 0.2) is 0 Å². The van der Waals surface area contributed by atoms with Gasteiger partial charge in [-0.15, -0.1) is 0 Å². The van der Waals surface area contributed by atoms with E-state index >= 15 is 0 Å². The molecule has 0 bridgehead atoms. The molecule has 19 heavy (non-hydrogen) atoms. The Morgan fingerprint density at radius 2 is 2.21 bits per heavy atom. The van der Waals surface area contributed by atoms with Crippen molar-refractivity contribution in [1.82, 2.24) is 5.32 Å². The van der Waals surface area contributed by atoms with Gasteiger partial charge in [0, 0.05) is 28.6 Å². The normalized spacial score (nSPS) is 27.2. The smallest absolute Gasteiger partial charge is 0.128 e. The first kappa shape index (κ1) is 14.8. The minimum absolute atomic E-state index is 0.160. The summed E-state index contributed by atoms with van der Waals surface area (Å²) in [6.45, 7) is 7.26. The highest BCUT2D eigenvalue weighted by molar-refractivity contribution is 6.31. The van der Waals surface area contributed by atoms with Crippen LogP contribution in [0, 0.1) is 11.7 Å². The van der Waals surface area contributed by atoms with Gasteiger partial charge < -0.3 is 5.32 Å². The predicted octanol–water partition coefficient (Wildman–Crippen LogP) is 4.53. The summed E-state index contributed by atoms with van der Waals surface area (Å²) in [5.74, 6) is 0.292. The van der Waals surface area contributed by atoms with E-state index in [1.165, 1.54) is 6.07 Å². The van der Waals surface area contributed by atoms with E-state index in [1.807, 2.05) is 6.07 Å². The molecule has 1 fully saturated rings. The summed E-state index contributed by atoms with van der Waals surface area (Å²) in [4.78, 5) is 0. The highest BCUT2D eigenvalue weighted by atomic mass is 35.5. The zero-order chi connectivity index (χ0) is 14.0. The lowest BCUT2D eigenvalue weighted by Gasteiger charge is -2.36. The van der Waals surface area contributed by atoms with E-state index < -0.39 is 0 Å². The molecule has 1 nitrogen and oxygen atoms in total.